The molecule has 0 unspecified atom stereocenters. The summed E-state index contributed by atoms with van der Waals surface area (Å²) in [5.41, 5.74) is 0. The average Bonchev–Trinajstić information content (AvgIpc) is 2.95. The molecular weight excluding hydrogens is 306 g/mol. The molecular formula is C14H17N3O4S. The lowest BCUT2D eigenvalue weighted by atomic mass is 10.2. The normalized spacial score (nSPS) is 11.6. The first kappa shape index (κ1) is 16.2. The Morgan fingerprint density at radius 2 is 1.95 bits per heavy atom. The van der Waals surface area contributed by atoms with Gasteiger partial charge in [-0.25, -0.2) is 13.1 Å². The third kappa shape index (κ3) is 4.14. The van der Waals surface area contributed by atoms with Crippen molar-refractivity contribution in [3.63, 3.8) is 0 Å². The topological polar surface area (TPSA) is 102 Å². The molecule has 22 heavy (non-hydrogen) atoms. The van der Waals surface area contributed by atoms with Gasteiger partial charge in [0, 0.05) is 18.8 Å². The summed E-state index contributed by atoms with van der Waals surface area (Å²) in [4.78, 5) is 15.9. The Bertz CT molecular complexity index is 738. The molecule has 0 spiro atoms. The highest BCUT2D eigenvalue weighted by Gasteiger charge is 2.18. The molecule has 1 amide bonds. The highest BCUT2D eigenvalue weighted by Crippen LogP contribution is 2.11. The molecule has 1 aromatic carbocycles. The first-order chi connectivity index (χ1) is 10.4. The van der Waals surface area contributed by atoms with Gasteiger partial charge in [-0.1, -0.05) is 37.2 Å². The Hall–Kier alpha value is -2.22. The maximum atomic E-state index is 12.0. The van der Waals surface area contributed by atoms with Crippen LogP contribution in [0.25, 0.3) is 0 Å². The van der Waals surface area contributed by atoms with E-state index in [4.69, 9.17) is 4.52 Å². The molecule has 7 nitrogen and oxygen atoms in total. The molecule has 0 aliphatic carbocycles. The van der Waals surface area contributed by atoms with Crippen LogP contribution in [0.3, 0.4) is 0 Å². The predicted molar refractivity (Wildman–Crippen MR) is 78.5 cm³/mol. The lowest BCUT2D eigenvalue weighted by Gasteiger charge is -2.05. The maximum Gasteiger partial charge on any atom is 0.264 e. The molecule has 2 aromatic rings. The van der Waals surface area contributed by atoms with E-state index in [1.807, 2.05) is 18.6 Å². The van der Waals surface area contributed by atoms with Crippen molar-refractivity contribution in [3.05, 3.63) is 42.0 Å². The van der Waals surface area contributed by atoms with Gasteiger partial charge in [0.2, 0.25) is 11.8 Å². The summed E-state index contributed by atoms with van der Waals surface area (Å²) in [7, 11) is -3.84. The van der Waals surface area contributed by atoms with Crippen LogP contribution in [-0.4, -0.2) is 24.5 Å². The van der Waals surface area contributed by atoms with Crippen LogP contribution in [0.15, 0.2) is 39.8 Å². The zero-order valence-corrected chi connectivity index (χ0v) is 13.1. The van der Waals surface area contributed by atoms with Gasteiger partial charge < -0.3 is 4.52 Å². The van der Waals surface area contributed by atoms with Crippen molar-refractivity contribution in [1.29, 1.82) is 0 Å². The second kappa shape index (κ2) is 6.69. The molecule has 0 fully saturated rings. The number of nitrogens with zero attached hydrogens (tertiary/aromatic N) is 2. The number of sulfonamides is 1. The van der Waals surface area contributed by atoms with E-state index < -0.39 is 15.9 Å². The number of aryl methyl sites for hydroxylation is 1. The lowest BCUT2D eigenvalue weighted by molar-refractivity contribution is -0.119. The van der Waals surface area contributed by atoms with Gasteiger partial charge in [0.25, 0.3) is 10.0 Å². The molecule has 1 aromatic heterocycles. The first-order valence-corrected chi connectivity index (χ1v) is 8.30. The number of amides is 1. The van der Waals surface area contributed by atoms with Gasteiger partial charge in [-0.05, 0) is 12.1 Å². The van der Waals surface area contributed by atoms with Crippen LogP contribution >= 0.6 is 0 Å². The van der Waals surface area contributed by atoms with Gasteiger partial charge in [-0.2, -0.15) is 4.98 Å². The van der Waals surface area contributed by atoms with E-state index >= 15 is 0 Å². The second-order valence-corrected chi connectivity index (χ2v) is 6.73. The van der Waals surface area contributed by atoms with E-state index in [9.17, 15) is 13.2 Å². The molecule has 0 saturated carbocycles. The fraction of sp³-hybridized carbons (Fsp3) is 0.357. The summed E-state index contributed by atoms with van der Waals surface area (Å²) in [6.07, 6.45) is 0.141. The number of carbonyl (C=O) groups is 1. The van der Waals surface area contributed by atoms with Crippen LogP contribution in [0.1, 0.15) is 37.9 Å². The Balaban J connectivity index is 1.93. The van der Waals surface area contributed by atoms with Crippen molar-refractivity contribution in [2.24, 2.45) is 0 Å². The minimum Gasteiger partial charge on any atom is -0.339 e. The number of benzene rings is 1. The molecule has 118 valence electrons. The van der Waals surface area contributed by atoms with E-state index in [1.54, 1.807) is 18.2 Å². The number of hydrogen-bond acceptors (Lipinski definition) is 6. The third-order valence-electron chi connectivity index (χ3n) is 2.87. The summed E-state index contributed by atoms with van der Waals surface area (Å²) in [5.74, 6) is 0.390. The van der Waals surface area contributed by atoms with Gasteiger partial charge in [0.1, 0.15) is 0 Å². The zero-order valence-electron chi connectivity index (χ0n) is 12.3. The lowest BCUT2D eigenvalue weighted by Crippen LogP contribution is -2.30. The molecule has 8 heteroatoms. The monoisotopic (exact) mass is 323 g/mol. The summed E-state index contributed by atoms with van der Waals surface area (Å²) < 4.78 is 30.9. The fourth-order valence-electron chi connectivity index (χ4n) is 1.68. The van der Waals surface area contributed by atoms with Gasteiger partial charge in [0.05, 0.1) is 4.90 Å². The van der Waals surface area contributed by atoms with Crippen LogP contribution < -0.4 is 4.72 Å². The maximum absolute atomic E-state index is 12.0. The van der Waals surface area contributed by atoms with Crippen molar-refractivity contribution in [1.82, 2.24) is 14.9 Å². The fourth-order valence-corrected chi connectivity index (χ4v) is 2.72. The molecule has 0 aliphatic rings. The minimum absolute atomic E-state index is 0.0447. The molecule has 0 bridgehead atoms. The molecule has 1 heterocycles. The largest absolute Gasteiger partial charge is 0.339 e. The number of carbonyl (C=O) groups excluding carboxylic acids is 1. The summed E-state index contributed by atoms with van der Waals surface area (Å²) in [6.45, 7) is 3.85. The van der Waals surface area contributed by atoms with Crippen molar-refractivity contribution < 1.29 is 17.7 Å². The second-order valence-electron chi connectivity index (χ2n) is 5.04. The van der Waals surface area contributed by atoms with Crippen molar-refractivity contribution >= 4 is 15.9 Å². The van der Waals surface area contributed by atoms with E-state index in [0.717, 1.165) is 0 Å². The van der Waals surface area contributed by atoms with Gasteiger partial charge in [-0.15, -0.1) is 0 Å². The quantitative estimate of drug-likeness (QED) is 0.867. The van der Waals surface area contributed by atoms with Gasteiger partial charge in [0.15, 0.2) is 5.82 Å². The van der Waals surface area contributed by atoms with E-state index in [0.29, 0.717) is 11.7 Å². The number of rotatable bonds is 6. The van der Waals surface area contributed by atoms with Crippen LogP contribution in [-0.2, 0) is 21.2 Å². The van der Waals surface area contributed by atoms with Crippen LogP contribution in [0, 0.1) is 0 Å². The Kier molecular flexibility index (Phi) is 4.92. The average molecular weight is 323 g/mol. The molecule has 0 radical (unpaired) electrons. The van der Waals surface area contributed by atoms with E-state index in [1.165, 1.54) is 12.1 Å². The Morgan fingerprint density at radius 3 is 2.55 bits per heavy atom. The SMILES string of the molecule is CC(C)c1noc(CCC(=O)NS(=O)(=O)c2ccccc2)n1. The van der Waals surface area contributed by atoms with Crippen molar-refractivity contribution in [2.75, 3.05) is 0 Å². The number of nitrogens with one attached hydrogen (secondary N) is 1. The van der Waals surface area contributed by atoms with E-state index in [2.05, 4.69) is 10.1 Å². The van der Waals surface area contributed by atoms with E-state index in [-0.39, 0.29) is 23.7 Å². The molecule has 0 saturated heterocycles. The highest BCUT2D eigenvalue weighted by atomic mass is 32.2. The number of hydrogen-bond donors (Lipinski definition) is 1. The Labute approximate surface area is 128 Å². The van der Waals surface area contributed by atoms with Gasteiger partial charge >= 0.3 is 0 Å². The first-order valence-electron chi connectivity index (χ1n) is 6.81. The van der Waals surface area contributed by atoms with Crippen LogP contribution in [0.5, 0.6) is 0 Å². The molecule has 0 aliphatic heterocycles. The smallest absolute Gasteiger partial charge is 0.264 e. The zero-order chi connectivity index (χ0) is 16.2. The Morgan fingerprint density at radius 1 is 1.27 bits per heavy atom. The van der Waals surface area contributed by atoms with Crippen LogP contribution in [0.2, 0.25) is 0 Å². The van der Waals surface area contributed by atoms with Crippen molar-refractivity contribution in [2.45, 2.75) is 37.5 Å². The standard InChI is InChI=1S/C14H17N3O4S/c1-10(2)14-15-13(21-16-14)9-8-12(18)17-22(19,20)11-6-4-3-5-7-11/h3-7,10H,8-9H2,1-2H3,(H,17,18). The highest BCUT2D eigenvalue weighted by molar-refractivity contribution is 7.90. The minimum atomic E-state index is -3.84. The molecule has 1 N–H and O–H groups in total. The van der Waals surface area contributed by atoms with Crippen molar-refractivity contribution in [3.8, 4) is 0 Å². The van der Waals surface area contributed by atoms with Gasteiger partial charge in [-0.3, -0.25) is 4.79 Å². The summed E-state index contributed by atoms with van der Waals surface area (Å²) in [6, 6.07) is 7.71. The van der Waals surface area contributed by atoms with Crippen LogP contribution in [0.4, 0.5) is 0 Å². The molecule has 0 atom stereocenters. The predicted octanol–water partition coefficient (Wildman–Crippen LogP) is 1.63. The number of aromatic nitrogens is 2. The third-order valence-corrected chi connectivity index (χ3v) is 4.26. The summed E-state index contributed by atoms with van der Waals surface area (Å²) >= 11 is 0. The molecule has 2 rings (SSSR count). The summed E-state index contributed by atoms with van der Waals surface area (Å²) in [5, 5.41) is 3.78.